The summed E-state index contributed by atoms with van der Waals surface area (Å²) < 4.78 is 7.20. The second kappa shape index (κ2) is 11.0. The van der Waals surface area contributed by atoms with Crippen molar-refractivity contribution in [2.45, 2.75) is 12.1 Å². The Morgan fingerprint density at radius 3 is 2.56 bits per heavy atom. The predicted octanol–water partition coefficient (Wildman–Crippen LogP) is 5.15. The van der Waals surface area contributed by atoms with Gasteiger partial charge >= 0.3 is 0 Å². The summed E-state index contributed by atoms with van der Waals surface area (Å²) in [6.45, 7) is 2.03. The van der Waals surface area contributed by atoms with Crippen LogP contribution in [0.25, 0.3) is 17.1 Å². The van der Waals surface area contributed by atoms with Crippen molar-refractivity contribution in [1.29, 1.82) is 0 Å². The molecule has 1 amide bonds. The molecule has 172 valence electrons. The third-order valence-corrected chi connectivity index (χ3v) is 6.07. The van der Waals surface area contributed by atoms with Crippen molar-refractivity contribution in [3.05, 3.63) is 88.9 Å². The van der Waals surface area contributed by atoms with Gasteiger partial charge in [0.25, 0.3) is 5.91 Å². The fourth-order valence-corrected chi connectivity index (χ4v) is 4.06. The molecule has 0 unspecified atom stereocenters. The van der Waals surface area contributed by atoms with E-state index >= 15 is 0 Å². The zero-order chi connectivity index (χ0) is 23.9. The first kappa shape index (κ1) is 23.5. The molecule has 0 saturated heterocycles. The molecule has 1 N–H and O–H groups in total. The molecule has 0 atom stereocenters. The average Bonchev–Trinajstić information content (AvgIpc) is 3.28. The van der Waals surface area contributed by atoms with Gasteiger partial charge in [0.2, 0.25) is 0 Å². The number of carbonyl (C=O) groups is 1. The molecule has 4 aromatic rings. The number of benzene rings is 3. The van der Waals surface area contributed by atoms with Crippen LogP contribution in [0.1, 0.15) is 11.1 Å². The number of aryl methyl sites for hydroxylation is 1. The fraction of sp³-hybridized carbons (Fsp3) is 0.120. The van der Waals surface area contributed by atoms with Crippen LogP contribution in [0.3, 0.4) is 0 Å². The largest absolute Gasteiger partial charge is 0.496 e. The van der Waals surface area contributed by atoms with Crippen molar-refractivity contribution in [2.24, 2.45) is 5.10 Å². The van der Waals surface area contributed by atoms with E-state index in [1.807, 2.05) is 84.3 Å². The number of methoxy groups -OCH3 is 1. The molecule has 9 heteroatoms. The van der Waals surface area contributed by atoms with Crippen molar-refractivity contribution < 1.29 is 9.53 Å². The number of carbonyl (C=O) groups excluding carboxylic acids is 1. The van der Waals surface area contributed by atoms with Crippen molar-refractivity contribution in [3.63, 3.8) is 0 Å². The molecular formula is C25H22ClN5O2S. The second-order valence-electron chi connectivity index (χ2n) is 7.31. The zero-order valence-electron chi connectivity index (χ0n) is 18.6. The predicted molar refractivity (Wildman–Crippen MR) is 136 cm³/mol. The molecule has 0 fully saturated rings. The van der Waals surface area contributed by atoms with Crippen molar-refractivity contribution >= 4 is 35.5 Å². The number of aromatic nitrogens is 3. The summed E-state index contributed by atoms with van der Waals surface area (Å²) in [6, 6.07) is 22.9. The molecule has 0 bridgehead atoms. The normalized spacial score (nSPS) is 11.0. The number of thioether (sulfide) groups is 1. The number of halogens is 1. The van der Waals surface area contributed by atoms with Crippen molar-refractivity contribution in [1.82, 2.24) is 20.2 Å². The van der Waals surface area contributed by atoms with Gasteiger partial charge < -0.3 is 4.74 Å². The SMILES string of the molecule is COc1ccccc1/C=N\NC(=O)CSc1nnc(-c2ccc(C)cc2)n1-c1ccc(Cl)cc1. The van der Waals surface area contributed by atoms with Gasteiger partial charge in [-0.3, -0.25) is 9.36 Å². The third-order valence-electron chi connectivity index (χ3n) is 4.89. The van der Waals surface area contributed by atoms with E-state index in [4.69, 9.17) is 16.3 Å². The molecule has 4 rings (SSSR count). The highest BCUT2D eigenvalue weighted by molar-refractivity contribution is 7.99. The lowest BCUT2D eigenvalue weighted by atomic mass is 10.1. The number of hydrogen-bond donors (Lipinski definition) is 1. The van der Waals surface area contributed by atoms with E-state index in [1.165, 1.54) is 11.8 Å². The fourth-order valence-electron chi connectivity index (χ4n) is 3.19. The van der Waals surface area contributed by atoms with E-state index < -0.39 is 0 Å². The number of amides is 1. The lowest BCUT2D eigenvalue weighted by Gasteiger charge is -2.10. The summed E-state index contributed by atoms with van der Waals surface area (Å²) in [6.07, 6.45) is 1.55. The van der Waals surface area contributed by atoms with Crippen LogP contribution in [0.2, 0.25) is 5.02 Å². The summed E-state index contributed by atoms with van der Waals surface area (Å²) in [4.78, 5) is 12.4. The van der Waals surface area contributed by atoms with Gasteiger partial charge in [0.05, 0.1) is 19.1 Å². The minimum absolute atomic E-state index is 0.114. The average molecular weight is 492 g/mol. The summed E-state index contributed by atoms with van der Waals surface area (Å²) >= 11 is 7.35. The van der Waals surface area contributed by atoms with Crippen LogP contribution in [0.5, 0.6) is 5.75 Å². The van der Waals surface area contributed by atoms with Gasteiger partial charge in [0, 0.05) is 21.8 Å². The Bertz CT molecular complexity index is 1300. The van der Waals surface area contributed by atoms with Gasteiger partial charge in [-0.25, -0.2) is 5.43 Å². The van der Waals surface area contributed by atoms with Gasteiger partial charge in [0.15, 0.2) is 11.0 Å². The molecule has 0 radical (unpaired) electrons. The summed E-state index contributed by atoms with van der Waals surface area (Å²) in [7, 11) is 1.59. The van der Waals surface area contributed by atoms with E-state index in [2.05, 4.69) is 20.7 Å². The second-order valence-corrected chi connectivity index (χ2v) is 8.69. The number of para-hydroxylation sites is 1. The number of hydrazone groups is 1. The minimum atomic E-state index is -0.265. The molecule has 0 saturated carbocycles. The molecule has 3 aromatic carbocycles. The van der Waals surface area contributed by atoms with E-state index in [1.54, 1.807) is 13.3 Å². The smallest absolute Gasteiger partial charge is 0.250 e. The first-order valence-corrected chi connectivity index (χ1v) is 11.8. The number of nitrogens with one attached hydrogen (secondary N) is 1. The monoisotopic (exact) mass is 491 g/mol. The highest BCUT2D eigenvalue weighted by Crippen LogP contribution is 2.28. The molecule has 0 spiro atoms. The Morgan fingerprint density at radius 1 is 1.09 bits per heavy atom. The maximum Gasteiger partial charge on any atom is 0.250 e. The van der Waals surface area contributed by atoms with E-state index in [0.717, 1.165) is 22.4 Å². The maximum atomic E-state index is 12.4. The van der Waals surface area contributed by atoms with E-state index in [-0.39, 0.29) is 11.7 Å². The van der Waals surface area contributed by atoms with E-state index in [0.29, 0.717) is 21.8 Å². The molecule has 0 aliphatic heterocycles. The molecule has 0 aliphatic rings. The van der Waals surface area contributed by atoms with Crippen molar-refractivity contribution in [2.75, 3.05) is 12.9 Å². The lowest BCUT2D eigenvalue weighted by Crippen LogP contribution is -2.20. The van der Waals surface area contributed by atoms with Crippen molar-refractivity contribution in [3.8, 4) is 22.8 Å². The number of rotatable bonds is 8. The Hall–Kier alpha value is -3.62. The van der Waals surface area contributed by atoms with E-state index in [9.17, 15) is 4.79 Å². The maximum absolute atomic E-state index is 12.4. The van der Waals surface area contributed by atoms with Crippen LogP contribution >= 0.6 is 23.4 Å². The van der Waals surface area contributed by atoms with Crippen LogP contribution in [0, 0.1) is 6.92 Å². The van der Waals surface area contributed by atoms with Crippen LogP contribution in [-0.4, -0.2) is 39.7 Å². The van der Waals surface area contributed by atoms with Crippen LogP contribution in [0.15, 0.2) is 83.1 Å². The number of nitrogens with zero attached hydrogens (tertiary/aromatic N) is 4. The molecule has 0 aliphatic carbocycles. The van der Waals surface area contributed by atoms with Gasteiger partial charge in [-0.05, 0) is 43.3 Å². The van der Waals surface area contributed by atoms with Crippen LogP contribution in [-0.2, 0) is 4.79 Å². The summed E-state index contributed by atoms with van der Waals surface area (Å²) in [5.74, 6) is 1.20. The molecular weight excluding hydrogens is 470 g/mol. The zero-order valence-corrected chi connectivity index (χ0v) is 20.2. The van der Waals surface area contributed by atoms with Gasteiger partial charge in [-0.2, -0.15) is 5.10 Å². The van der Waals surface area contributed by atoms with Crippen LogP contribution in [0.4, 0.5) is 0 Å². The number of ether oxygens (including phenoxy) is 1. The highest BCUT2D eigenvalue weighted by atomic mass is 35.5. The molecule has 34 heavy (non-hydrogen) atoms. The Labute approximate surface area is 206 Å². The van der Waals surface area contributed by atoms with Gasteiger partial charge in [0.1, 0.15) is 5.75 Å². The Balaban J connectivity index is 1.51. The first-order chi connectivity index (χ1) is 16.5. The first-order valence-electron chi connectivity index (χ1n) is 10.4. The lowest BCUT2D eigenvalue weighted by molar-refractivity contribution is -0.118. The van der Waals surface area contributed by atoms with Crippen LogP contribution < -0.4 is 10.2 Å². The Kier molecular flexibility index (Phi) is 7.61. The highest BCUT2D eigenvalue weighted by Gasteiger charge is 2.17. The number of hydrogen-bond acceptors (Lipinski definition) is 6. The molecule has 1 aromatic heterocycles. The molecule has 7 nitrogen and oxygen atoms in total. The van der Waals surface area contributed by atoms with Gasteiger partial charge in [-0.1, -0.05) is 65.3 Å². The quantitative estimate of drug-likeness (QED) is 0.209. The third kappa shape index (κ3) is 5.65. The summed E-state index contributed by atoms with van der Waals surface area (Å²) in [5.41, 5.74) is 6.24. The minimum Gasteiger partial charge on any atom is -0.496 e. The standard InChI is InChI=1S/C25H22ClN5O2S/c1-17-7-9-18(10-8-17)24-29-30-25(31(24)21-13-11-20(26)12-14-21)34-16-23(32)28-27-15-19-5-3-4-6-22(19)33-2/h3-15H,16H2,1-2H3,(H,28,32)/b27-15-. The Morgan fingerprint density at radius 2 is 1.82 bits per heavy atom. The molecule has 1 heterocycles. The van der Waals surface area contributed by atoms with Gasteiger partial charge in [-0.15, -0.1) is 10.2 Å². The summed E-state index contributed by atoms with van der Waals surface area (Å²) in [5, 5.41) is 14.0. The topological polar surface area (TPSA) is 81.4 Å².